The number of hydrogen-bond acceptors (Lipinski definition) is 0. The lowest BCUT2D eigenvalue weighted by Gasteiger charge is -2.09. The summed E-state index contributed by atoms with van der Waals surface area (Å²) in [4.78, 5) is 0. The van der Waals surface area contributed by atoms with Gasteiger partial charge in [0, 0.05) is 0 Å². The summed E-state index contributed by atoms with van der Waals surface area (Å²) in [6.45, 7) is 4.54. The molecule has 0 aromatic carbocycles. The van der Waals surface area contributed by atoms with Gasteiger partial charge < -0.3 is 0 Å². The van der Waals surface area contributed by atoms with Crippen LogP contribution in [0.2, 0.25) is 0 Å². The molecule has 0 N–H and O–H groups in total. The predicted octanol–water partition coefficient (Wildman–Crippen LogP) is 3.31. The maximum atomic E-state index is 2.50. The highest BCUT2D eigenvalue weighted by Gasteiger charge is 2.31. The minimum absolute atomic E-state index is 0.833. The molecule has 0 saturated carbocycles. The fraction of sp³-hybridized carbons (Fsp3) is 0.636. The lowest BCUT2D eigenvalue weighted by Crippen LogP contribution is -1.94. The Labute approximate surface area is 69.0 Å². The highest BCUT2D eigenvalue weighted by molar-refractivity contribution is 5.35. The van der Waals surface area contributed by atoms with Crippen LogP contribution in [0.3, 0.4) is 0 Å². The van der Waals surface area contributed by atoms with Crippen LogP contribution < -0.4 is 0 Å². The smallest absolute Gasteiger partial charge is 0.00116 e. The van der Waals surface area contributed by atoms with Crippen molar-refractivity contribution >= 4 is 0 Å². The largest absolute Gasteiger partial charge is 0.0775 e. The lowest BCUT2D eigenvalue weighted by molar-refractivity contribution is 0.682. The third-order valence-corrected chi connectivity index (χ3v) is 3.11. The molecule has 11 heavy (non-hydrogen) atoms. The Morgan fingerprint density at radius 1 is 1.09 bits per heavy atom. The molecule has 0 aromatic rings. The second-order valence-electron chi connectivity index (χ2n) is 3.64. The van der Waals surface area contributed by atoms with Crippen LogP contribution in [0.4, 0.5) is 0 Å². The molecule has 0 nitrogen and oxygen atoms in total. The van der Waals surface area contributed by atoms with Crippen molar-refractivity contribution in [1.82, 2.24) is 0 Å². The van der Waals surface area contributed by atoms with E-state index in [0.29, 0.717) is 0 Å². The van der Waals surface area contributed by atoms with E-state index < -0.39 is 0 Å². The summed E-state index contributed by atoms with van der Waals surface area (Å²) in [5.74, 6) is 1.67. The van der Waals surface area contributed by atoms with E-state index in [1.54, 1.807) is 11.1 Å². The summed E-state index contributed by atoms with van der Waals surface area (Å²) >= 11 is 0. The minimum Gasteiger partial charge on any atom is -0.0775 e. The SMILES string of the molecule is CCC1=CC2CC1C=C2CC. The van der Waals surface area contributed by atoms with E-state index in [1.807, 2.05) is 0 Å². The van der Waals surface area contributed by atoms with E-state index in [0.717, 1.165) is 11.8 Å². The van der Waals surface area contributed by atoms with Gasteiger partial charge in [-0.25, -0.2) is 0 Å². The van der Waals surface area contributed by atoms with E-state index in [-0.39, 0.29) is 0 Å². The van der Waals surface area contributed by atoms with E-state index in [9.17, 15) is 0 Å². The van der Waals surface area contributed by atoms with Gasteiger partial charge in [0.05, 0.1) is 0 Å². The molecule has 0 aromatic heterocycles. The molecule has 0 heteroatoms. The molecule has 0 saturated heterocycles. The summed E-state index contributed by atoms with van der Waals surface area (Å²) in [7, 11) is 0. The Hall–Kier alpha value is -0.520. The second kappa shape index (κ2) is 2.51. The van der Waals surface area contributed by atoms with Crippen molar-refractivity contribution in [3.05, 3.63) is 23.3 Å². The van der Waals surface area contributed by atoms with Crippen LogP contribution in [-0.4, -0.2) is 0 Å². The Kier molecular flexibility index (Phi) is 1.63. The van der Waals surface area contributed by atoms with Gasteiger partial charge in [0.1, 0.15) is 0 Å². The molecule has 2 rings (SSSR count). The van der Waals surface area contributed by atoms with Gasteiger partial charge in [0.15, 0.2) is 0 Å². The van der Waals surface area contributed by atoms with Crippen molar-refractivity contribution in [3.63, 3.8) is 0 Å². The first-order valence-corrected chi connectivity index (χ1v) is 4.76. The molecule has 60 valence electrons. The fourth-order valence-electron chi connectivity index (χ4n) is 2.45. The number of rotatable bonds is 2. The molecule has 0 aliphatic heterocycles. The Balaban J connectivity index is 2.17. The summed E-state index contributed by atoms with van der Waals surface area (Å²) in [6.07, 6.45) is 8.92. The molecule has 2 bridgehead atoms. The third kappa shape index (κ3) is 0.962. The van der Waals surface area contributed by atoms with Crippen LogP contribution in [0.5, 0.6) is 0 Å². The highest BCUT2D eigenvalue weighted by Crippen LogP contribution is 2.44. The van der Waals surface area contributed by atoms with Crippen LogP contribution in [-0.2, 0) is 0 Å². The first-order valence-electron chi connectivity index (χ1n) is 4.76. The number of fused-ring (bicyclic) bond motifs is 2. The van der Waals surface area contributed by atoms with E-state index in [4.69, 9.17) is 0 Å². The number of allylic oxidation sites excluding steroid dienone is 4. The molecule has 0 heterocycles. The average Bonchev–Trinajstić information content (AvgIpc) is 2.60. The monoisotopic (exact) mass is 148 g/mol. The average molecular weight is 148 g/mol. The van der Waals surface area contributed by atoms with Gasteiger partial charge in [0.2, 0.25) is 0 Å². The molecular formula is C11H16. The summed E-state index contributed by atoms with van der Waals surface area (Å²) in [6, 6.07) is 0. The van der Waals surface area contributed by atoms with Crippen molar-refractivity contribution < 1.29 is 0 Å². The molecule has 0 fully saturated rings. The minimum atomic E-state index is 0.833. The van der Waals surface area contributed by atoms with Gasteiger partial charge in [-0.05, 0) is 31.1 Å². The Morgan fingerprint density at radius 3 is 1.82 bits per heavy atom. The quantitative estimate of drug-likeness (QED) is 0.527. The van der Waals surface area contributed by atoms with Crippen LogP contribution in [0.1, 0.15) is 33.1 Å². The summed E-state index contributed by atoms with van der Waals surface area (Å²) < 4.78 is 0. The van der Waals surface area contributed by atoms with Gasteiger partial charge in [-0.3, -0.25) is 0 Å². The standard InChI is InChI=1S/C11H16/c1-3-8-5-11-7-10(8)6-9(11)4-2/h5-6,10-11H,3-4,7H2,1-2H3. The molecular weight excluding hydrogens is 132 g/mol. The molecule has 2 aliphatic rings. The van der Waals surface area contributed by atoms with E-state index in [2.05, 4.69) is 26.0 Å². The fourth-order valence-corrected chi connectivity index (χ4v) is 2.45. The summed E-state index contributed by atoms with van der Waals surface area (Å²) in [5.41, 5.74) is 3.37. The van der Waals surface area contributed by atoms with Crippen molar-refractivity contribution in [2.45, 2.75) is 33.1 Å². The molecule has 2 atom stereocenters. The maximum absolute atomic E-state index is 2.50. The van der Waals surface area contributed by atoms with Gasteiger partial charge in [-0.2, -0.15) is 0 Å². The van der Waals surface area contributed by atoms with Crippen LogP contribution in [0.25, 0.3) is 0 Å². The van der Waals surface area contributed by atoms with Crippen molar-refractivity contribution in [2.75, 3.05) is 0 Å². The second-order valence-corrected chi connectivity index (χ2v) is 3.64. The van der Waals surface area contributed by atoms with Crippen molar-refractivity contribution in [3.8, 4) is 0 Å². The van der Waals surface area contributed by atoms with Gasteiger partial charge >= 0.3 is 0 Å². The molecule has 2 unspecified atom stereocenters. The van der Waals surface area contributed by atoms with Gasteiger partial charge in [0.25, 0.3) is 0 Å². The van der Waals surface area contributed by atoms with Gasteiger partial charge in [-0.1, -0.05) is 37.1 Å². The number of hydrogen-bond donors (Lipinski definition) is 0. The Bertz CT molecular complexity index is 196. The normalized spacial score (nSPS) is 34.0. The van der Waals surface area contributed by atoms with Crippen molar-refractivity contribution in [1.29, 1.82) is 0 Å². The Morgan fingerprint density at radius 2 is 1.55 bits per heavy atom. The van der Waals surface area contributed by atoms with Crippen LogP contribution in [0.15, 0.2) is 23.3 Å². The third-order valence-electron chi connectivity index (χ3n) is 3.11. The summed E-state index contributed by atoms with van der Waals surface area (Å²) in [5, 5.41) is 0. The topological polar surface area (TPSA) is 0 Å². The first kappa shape index (κ1) is 7.15. The highest BCUT2D eigenvalue weighted by atomic mass is 14.4. The molecule has 0 amide bonds. The van der Waals surface area contributed by atoms with E-state index in [1.165, 1.54) is 19.3 Å². The zero-order valence-electron chi connectivity index (χ0n) is 7.43. The first-order chi connectivity index (χ1) is 5.35. The molecule has 0 spiro atoms. The van der Waals surface area contributed by atoms with Crippen LogP contribution in [0, 0.1) is 11.8 Å². The van der Waals surface area contributed by atoms with E-state index >= 15 is 0 Å². The lowest BCUT2D eigenvalue weighted by atomic mass is 9.97. The molecule has 0 radical (unpaired) electrons. The van der Waals surface area contributed by atoms with Crippen LogP contribution >= 0.6 is 0 Å². The molecule has 2 aliphatic carbocycles. The maximum Gasteiger partial charge on any atom is -0.00116 e. The predicted molar refractivity (Wildman–Crippen MR) is 48.3 cm³/mol. The zero-order valence-corrected chi connectivity index (χ0v) is 7.43. The van der Waals surface area contributed by atoms with Crippen molar-refractivity contribution in [2.24, 2.45) is 11.8 Å². The van der Waals surface area contributed by atoms with Gasteiger partial charge in [-0.15, -0.1) is 0 Å². The zero-order chi connectivity index (χ0) is 7.84.